The van der Waals surface area contributed by atoms with Crippen molar-refractivity contribution in [3.63, 3.8) is 0 Å². The summed E-state index contributed by atoms with van der Waals surface area (Å²) < 4.78 is 5.45. The van der Waals surface area contributed by atoms with Gasteiger partial charge in [-0.3, -0.25) is 0 Å². The minimum Gasteiger partial charge on any atom is -0.465 e. The fraction of sp³-hybridized carbons (Fsp3) is 0.462. The van der Waals surface area contributed by atoms with Crippen molar-refractivity contribution in [1.82, 2.24) is 15.3 Å². The average Bonchev–Trinajstić information content (AvgIpc) is 2.77. The Labute approximate surface area is 125 Å². The minimum atomic E-state index is -0.980. The number of furan rings is 1. The van der Waals surface area contributed by atoms with Gasteiger partial charge in [-0.25, -0.2) is 9.78 Å². The monoisotopic (exact) mass is 310 g/mol. The Morgan fingerprint density at radius 1 is 1.43 bits per heavy atom. The maximum Gasteiger partial charge on any atom is 0.404 e. The van der Waals surface area contributed by atoms with Crippen LogP contribution in [0.5, 0.6) is 0 Å². The van der Waals surface area contributed by atoms with E-state index in [1.165, 1.54) is 0 Å². The summed E-state index contributed by atoms with van der Waals surface area (Å²) in [7, 11) is 0. The Morgan fingerprint density at radius 3 is 3.10 bits per heavy atom. The molecule has 1 atom stereocenters. The predicted octanol–water partition coefficient (Wildman–Crippen LogP) is 2.50. The molecule has 3 heterocycles. The maximum atomic E-state index is 10.7. The molecule has 7 nitrogen and oxygen atoms in total. The van der Waals surface area contributed by atoms with Crippen molar-refractivity contribution in [2.45, 2.75) is 25.3 Å². The molecule has 3 rings (SSSR count). The van der Waals surface area contributed by atoms with Gasteiger partial charge in [0.15, 0.2) is 11.4 Å². The molecule has 0 saturated carbocycles. The van der Waals surface area contributed by atoms with Gasteiger partial charge in [-0.05, 0) is 30.9 Å². The van der Waals surface area contributed by atoms with E-state index in [0.29, 0.717) is 23.5 Å². The van der Waals surface area contributed by atoms with Gasteiger partial charge in [-0.1, -0.05) is 0 Å². The van der Waals surface area contributed by atoms with E-state index in [2.05, 4.69) is 20.2 Å². The molecule has 8 heteroatoms. The van der Waals surface area contributed by atoms with Crippen molar-refractivity contribution in [3.05, 3.63) is 17.6 Å². The SMILES string of the molecule is O=C(O)NC1CCCN(c2nc(Cl)nc3ccoc23)CC1. The van der Waals surface area contributed by atoms with Crippen molar-refractivity contribution in [2.24, 2.45) is 0 Å². The van der Waals surface area contributed by atoms with E-state index in [0.717, 1.165) is 25.8 Å². The van der Waals surface area contributed by atoms with Crippen LogP contribution in [-0.4, -0.2) is 40.3 Å². The lowest BCUT2D eigenvalue weighted by atomic mass is 10.1. The number of carbonyl (C=O) groups is 1. The number of aromatic nitrogens is 2. The zero-order valence-corrected chi connectivity index (χ0v) is 12.0. The van der Waals surface area contributed by atoms with Crippen LogP contribution in [0.1, 0.15) is 19.3 Å². The van der Waals surface area contributed by atoms with Gasteiger partial charge >= 0.3 is 6.09 Å². The lowest BCUT2D eigenvalue weighted by Crippen LogP contribution is -2.34. The van der Waals surface area contributed by atoms with E-state index >= 15 is 0 Å². The zero-order chi connectivity index (χ0) is 14.8. The third-order valence-corrected chi connectivity index (χ3v) is 3.78. The van der Waals surface area contributed by atoms with Crippen molar-refractivity contribution < 1.29 is 14.3 Å². The van der Waals surface area contributed by atoms with Crippen molar-refractivity contribution >= 4 is 34.6 Å². The van der Waals surface area contributed by atoms with Gasteiger partial charge in [-0.2, -0.15) is 4.98 Å². The van der Waals surface area contributed by atoms with Gasteiger partial charge in [0.1, 0.15) is 5.52 Å². The average molecular weight is 311 g/mol. The Hall–Kier alpha value is -2.02. The molecule has 1 fully saturated rings. The van der Waals surface area contributed by atoms with E-state index in [1.807, 2.05) is 0 Å². The van der Waals surface area contributed by atoms with Crippen LogP contribution >= 0.6 is 11.6 Å². The number of hydrogen-bond acceptors (Lipinski definition) is 5. The van der Waals surface area contributed by atoms with E-state index < -0.39 is 6.09 Å². The molecular formula is C13H15ClN4O3. The third-order valence-electron chi connectivity index (χ3n) is 3.61. The first-order chi connectivity index (χ1) is 10.1. The highest BCUT2D eigenvalue weighted by Gasteiger charge is 2.22. The number of amides is 1. The van der Waals surface area contributed by atoms with Gasteiger partial charge in [0.25, 0.3) is 0 Å². The van der Waals surface area contributed by atoms with Gasteiger partial charge in [-0.15, -0.1) is 0 Å². The second kappa shape index (κ2) is 5.77. The summed E-state index contributed by atoms with van der Waals surface area (Å²) in [5.41, 5.74) is 1.29. The van der Waals surface area contributed by atoms with Crippen molar-refractivity contribution in [3.8, 4) is 0 Å². The van der Waals surface area contributed by atoms with Crippen LogP contribution in [-0.2, 0) is 0 Å². The summed E-state index contributed by atoms with van der Waals surface area (Å²) in [5.74, 6) is 0.672. The Morgan fingerprint density at radius 2 is 2.29 bits per heavy atom. The molecule has 0 aromatic carbocycles. The molecule has 2 N–H and O–H groups in total. The van der Waals surface area contributed by atoms with E-state index in [4.69, 9.17) is 21.1 Å². The first-order valence-electron chi connectivity index (χ1n) is 6.78. The van der Waals surface area contributed by atoms with Gasteiger partial charge in [0.2, 0.25) is 5.28 Å². The fourth-order valence-electron chi connectivity index (χ4n) is 2.66. The quantitative estimate of drug-likeness (QED) is 0.828. The number of hydrogen-bond donors (Lipinski definition) is 2. The van der Waals surface area contributed by atoms with Gasteiger partial charge < -0.3 is 19.7 Å². The van der Waals surface area contributed by atoms with Crippen LogP contribution < -0.4 is 10.2 Å². The largest absolute Gasteiger partial charge is 0.465 e. The van der Waals surface area contributed by atoms with Crippen molar-refractivity contribution in [2.75, 3.05) is 18.0 Å². The molecular weight excluding hydrogens is 296 g/mol. The van der Waals surface area contributed by atoms with Crippen LogP contribution in [0.25, 0.3) is 11.1 Å². The van der Waals surface area contributed by atoms with Gasteiger partial charge in [0.05, 0.1) is 6.26 Å². The molecule has 21 heavy (non-hydrogen) atoms. The summed E-state index contributed by atoms with van der Waals surface area (Å²) >= 11 is 5.96. The summed E-state index contributed by atoms with van der Waals surface area (Å²) in [5, 5.41) is 11.5. The summed E-state index contributed by atoms with van der Waals surface area (Å²) in [6.45, 7) is 1.47. The molecule has 1 unspecified atom stereocenters. The summed E-state index contributed by atoms with van der Waals surface area (Å²) in [6, 6.07) is 1.72. The first-order valence-corrected chi connectivity index (χ1v) is 7.16. The number of rotatable bonds is 2. The number of halogens is 1. The minimum absolute atomic E-state index is 0.0306. The van der Waals surface area contributed by atoms with Crippen LogP contribution in [0, 0.1) is 0 Å². The van der Waals surface area contributed by atoms with E-state index in [-0.39, 0.29) is 11.3 Å². The number of nitrogens with zero attached hydrogens (tertiary/aromatic N) is 3. The van der Waals surface area contributed by atoms with Crippen molar-refractivity contribution in [1.29, 1.82) is 0 Å². The molecule has 112 valence electrons. The zero-order valence-electron chi connectivity index (χ0n) is 11.3. The molecule has 0 aliphatic carbocycles. The molecule has 1 aliphatic rings. The Balaban J connectivity index is 1.82. The normalized spacial score (nSPS) is 19.5. The second-order valence-corrected chi connectivity index (χ2v) is 5.35. The highest BCUT2D eigenvalue weighted by molar-refractivity contribution is 6.28. The lowest BCUT2D eigenvalue weighted by Gasteiger charge is -2.21. The highest BCUT2D eigenvalue weighted by Crippen LogP contribution is 2.28. The molecule has 0 spiro atoms. The van der Waals surface area contributed by atoms with Gasteiger partial charge in [0, 0.05) is 25.2 Å². The highest BCUT2D eigenvalue weighted by atomic mass is 35.5. The number of anilines is 1. The standard InChI is InChI=1S/C13H15ClN4O3/c14-12-16-9-4-7-21-10(9)11(17-12)18-5-1-2-8(3-6-18)15-13(19)20/h4,7-8,15H,1-3,5-6H2,(H,19,20). The predicted molar refractivity (Wildman–Crippen MR) is 77.8 cm³/mol. The number of nitrogens with one attached hydrogen (secondary N) is 1. The molecule has 1 aliphatic heterocycles. The second-order valence-electron chi connectivity index (χ2n) is 5.02. The summed E-state index contributed by atoms with van der Waals surface area (Å²) in [4.78, 5) is 21.2. The summed E-state index contributed by atoms with van der Waals surface area (Å²) in [6.07, 6.45) is 2.98. The molecule has 1 saturated heterocycles. The van der Waals surface area contributed by atoms with Crippen LogP contribution in [0.4, 0.5) is 10.6 Å². The first kappa shape index (κ1) is 13.9. The van der Waals surface area contributed by atoms with Crippen LogP contribution in [0.2, 0.25) is 5.28 Å². The van der Waals surface area contributed by atoms with E-state index in [9.17, 15) is 4.79 Å². The molecule has 2 aromatic heterocycles. The number of carboxylic acid groups (broad SMARTS) is 1. The smallest absolute Gasteiger partial charge is 0.404 e. The topological polar surface area (TPSA) is 91.5 Å². The lowest BCUT2D eigenvalue weighted by molar-refractivity contribution is 0.188. The Bertz CT molecular complexity index is 660. The Kier molecular flexibility index (Phi) is 3.83. The number of fused-ring (bicyclic) bond motifs is 1. The fourth-order valence-corrected chi connectivity index (χ4v) is 2.83. The van der Waals surface area contributed by atoms with Crippen LogP contribution in [0.3, 0.4) is 0 Å². The maximum absolute atomic E-state index is 10.7. The van der Waals surface area contributed by atoms with E-state index in [1.54, 1.807) is 12.3 Å². The van der Waals surface area contributed by atoms with Crippen LogP contribution in [0.15, 0.2) is 16.7 Å². The molecule has 0 radical (unpaired) electrons. The third kappa shape index (κ3) is 3.02. The molecule has 2 aromatic rings. The molecule has 0 bridgehead atoms. The molecule has 1 amide bonds.